The Labute approximate surface area is 312 Å². The number of rotatable bonds is 19. The van der Waals surface area contributed by atoms with Crippen molar-refractivity contribution in [3.05, 3.63) is 101 Å². The van der Waals surface area contributed by atoms with Gasteiger partial charge in [-0.1, -0.05) is 57.2 Å². The summed E-state index contributed by atoms with van der Waals surface area (Å²) in [4.78, 5) is 24.0. The van der Waals surface area contributed by atoms with Gasteiger partial charge < -0.3 is 24.4 Å². The largest absolute Gasteiger partial charge is 0.493 e. The highest BCUT2D eigenvalue weighted by atomic mass is 19.1. The van der Waals surface area contributed by atoms with Crippen LogP contribution in [0.3, 0.4) is 0 Å². The summed E-state index contributed by atoms with van der Waals surface area (Å²) in [5, 5.41) is 19.2. The summed E-state index contributed by atoms with van der Waals surface area (Å²) in [6, 6.07) is 14.1. The van der Waals surface area contributed by atoms with E-state index in [0.717, 1.165) is 24.3 Å². The van der Waals surface area contributed by atoms with Gasteiger partial charge in [-0.2, -0.15) is 0 Å². The van der Waals surface area contributed by atoms with E-state index in [-0.39, 0.29) is 55.7 Å². The number of ether oxygens (including phenoxy) is 3. The van der Waals surface area contributed by atoms with Crippen molar-refractivity contribution < 1.29 is 42.8 Å². The SMILES string of the molecule is C=C(C)C(=O)OCCCc1cc(-c2c(F)cc(-c3ccc(C4CCC(C)CC4)cc3)cc2F)cc(CCCOC(=O)C(=C)C)c1OCCC(CO)CO. The number of aryl methyl sites for hydroxylation is 2. The molecule has 2 N–H and O–H groups in total. The van der Waals surface area contributed by atoms with E-state index >= 15 is 8.78 Å². The van der Waals surface area contributed by atoms with E-state index in [4.69, 9.17) is 14.2 Å². The fraction of sp³-hybridized carbons (Fsp3) is 0.455. The first-order chi connectivity index (χ1) is 25.4. The average Bonchev–Trinajstić information content (AvgIpc) is 3.14. The maximum Gasteiger partial charge on any atom is 0.333 e. The molecule has 0 bridgehead atoms. The average molecular weight is 733 g/mol. The summed E-state index contributed by atoms with van der Waals surface area (Å²) in [5.74, 6) is -1.08. The molecule has 0 heterocycles. The molecule has 9 heteroatoms. The van der Waals surface area contributed by atoms with Crippen LogP contribution in [0.1, 0.15) is 88.3 Å². The minimum atomic E-state index is -0.713. The molecular weight excluding hydrogens is 678 g/mol. The number of carbonyl (C=O) groups excluding carboxylic acids is 2. The van der Waals surface area contributed by atoms with Crippen LogP contribution in [-0.4, -0.2) is 55.2 Å². The van der Waals surface area contributed by atoms with Crippen molar-refractivity contribution in [2.24, 2.45) is 11.8 Å². The molecule has 0 radical (unpaired) electrons. The third kappa shape index (κ3) is 11.8. The number of esters is 2. The zero-order chi connectivity index (χ0) is 38.5. The monoisotopic (exact) mass is 732 g/mol. The molecule has 1 saturated carbocycles. The molecule has 0 amide bonds. The van der Waals surface area contributed by atoms with Crippen molar-refractivity contribution in [1.29, 1.82) is 0 Å². The van der Waals surface area contributed by atoms with Gasteiger partial charge in [0.1, 0.15) is 17.4 Å². The second-order valence-corrected chi connectivity index (χ2v) is 14.4. The number of aliphatic hydroxyl groups excluding tert-OH is 2. The molecule has 0 aliphatic heterocycles. The number of benzene rings is 3. The van der Waals surface area contributed by atoms with Crippen LogP contribution in [0.15, 0.2) is 72.8 Å². The summed E-state index contributed by atoms with van der Waals surface area (Å²) in [5.41, 5.74) is 4.39. The summed E-state index contributed by atoms with van der Waals surface area (Å²) >= 11 is 0. The number of hydrogen-bond donors (Lipinski definition) is 2. The van der Waals surface area contributed by atoms with Crippen molar-refractivity contribution in [3.63, 3.8) is 0 Å². The van der Waals surface area contributed by atoms with E-state index in [0.29, 0.717) is 66.0 Å². The van der Waals surface area contributed by atoms with Crippen LogP contribution < -0.4 is 4.74 Å². The topological polar surface area (TPSA) is 102 Å². The van der Waals surface area contributed by atoms with Crippen molar-refractivity contribution in [3.8, 4) is 28.0 Å². The maximum atomic E-state index is 16.1. The lowest BCUT2D eigenvalue weighted by Crippen LogP contribution is -2.16. The van der Waals surface area contributed by atoms with E-state index in [9.17, 15) is 19.8 Å². The summed E-state index contributed by atoms with van der Waals surface area (Å²) in [6.07, 6.45) is 6.57. The predicted molar refractivity (Wildman–Crippen MR) is 204 cm³/mol. The Morgan fingerprint density at radius 3 is 1.74 bits per heavy atom. The highest BCUT2D eigenvalue weighted by molar-refractivity contribution is 5.87. The van der Waals surface area contributed by atoms with Crippen LogP contribution >= 0.6 is 0 Å². The van der Waals surface area contributed by atoms with E-state index in [1.165, 1.54) is 30.5 Å². The molecule has 3 aromatic rings. The molecule has 0 unspecified atom stereocenters. The Bertz CT molecular complexity index is 1640. The minimum absolute atomic E-state index is 0.0920. The maximum absolute atomic E-state index is 16.1. The lowest BCUT2D eigenvalue weighted by atomic mass is 9.79. The normalized spacial score (nSPS) is 15.6. The van der Waals surface area contributed by atoms with Gasteiger partial charge in [-0.05, 0) is 128 Å². The lowest BCUT2D eigenvalue weighted by Gasteiger charge is -2.26. The van der Waals surface area contributed by atoms with Crippen LogP contribution in [0.5, 0.6) is 5.75 Å². The third-order valence-electron chi connectivity index (χ3n) is 9.94. The van der Waals surface area contributed by atoms with Gasteiger partial charge in [0.25, 0.3) is 0 Å². The van der Waals surface area contributed by atoms with E-state index < -0.39 is 23.6 Å². The molecule has 7 nitrogen and oxygen atoms in total. The molecule has 0 spiro atoms. The standard InChI is InChI=1S/C44H54F2O7/c1-28(2)43(49)52-19-6-8-35-22-38(23-36(9-7-20-53-44(50)29(3)4)42(35)51-21-18-31(26-47)27-48)41-39(45)24-37(25-40(41)46)34-16-14-33(15-17-34)32-12-10-30(5)11-13-32/h14-17,22-25,30-32,47-48H,1,3,6-13,18-21,26-27H2,2,4-5H3. The number of hydrogen-bond acceptors (Lipinski definition) is 7. The molecule has 0 saturated heterocycles. The van der Waals surface area contributed by atoms with Crippen molar-refractivity contribution in [1.82, 2.24) is 0 Å². The predicted octanol–water partition coefficient (Wildman–Crippen LogP) is 9.07. The Kier molecular flexibility index (Phi) is 15.8. The molecule has 1 fully saturated rings. The van der Waals surface area contributed by atoms with E-state index in [2.05, 4.69) is 32.2 Å². The van der Waals surface area contributed by atoms with Crippen LogP contribution in [0.2, 0.25) is 0 Å². The van der Waals surface area contributed by atoms with Crippen LogP contribution in [0.4, 0.5) is 8.78 Å². The van der Waals surface area contributed by atoms with Gasteiger partial charge in [-0.3, -0.25) is 0 Å². The smallest absolute Gasteiger partial charge is 0.333 e. The minimum Gasteiger partial charge on any atom is -0.493 e. The highest BCUT2D eigenvalue weighted by Crippen LogP contribution is 2.39. The van der Waals surface area contributed by atoms with Crippen LogP contribution in [0, 0.1) is 23.5 Å². The summed E-state index contributed by atoms with van der Waals surface area (Å²) in [7, 11) is 0. The Morgan fingerprint density at radius 2 is 1.26 bits per heavy atom. The molecule has 53 heavy (non-hydrogen) atoms. The fourth-order valence-corrected chi connectivity index (χ4v) is 6.68. The second kappa shape index (κ2) is 20.2. The van der Waals surface area contributed by atoms with Crippen molar-refractivity contribution in [2.75, 3.05) is 33.0 Å². The second-order valence-electron chi connectivity index (χ2n) is 14.4. The first-order valence-electron chi connectivity index (χ1n) is 18.7. The summed E-state index contributed by atoms with van der Waals surface area (Å²) in [6.45, 7) is 12.6. The van der Waals surface area contributed by atoms with E-state index in [1.807, 2.05) is 12.1 Å². The molecule has 0 aromatic heterocycles. The number of halogens is 2. The Balaban J connectivity index is 1.68. The first kappa shape index (κ1) is 41.4. The van der Waals surface area contributed by atoms with E-state index in [1.54, 1.807) is 26.0 Å². The van der Waals surface area contributed by atoms with Gasteiger partial charge in [0.05, 0.1) is 25.4 Å². The van der Waals surface area contributed by atoms with Gasteiger partial charge in [-0.15, -0.1) is 0 Å². The highest BCUT2D eigenvalue weighted by Gasteiger charge is 2.22. The molecule has 0 atom stereocenters. The quantitative estimate of drug-likeness (QED) is 0.0721. The van der Waals surface area contributed by atoms with Crippen molar-refractivity contribution >= 4 is 11.9 Å². The van der Waals surface area contributed by atoms with Gasteiger partial charge >= 0.3 is 11.9 Å². The lowest BCUT2D eigenvalue weighted by molar-refractivity contribution is -0.139. The van der Waals surface area contributed by atoms with Gasteiger partial charge in [0, 0.05) is 30.3 Å². The molecule has 286 valence electrons. The molecular formula is C44H54F2O7. The fourth-order valence-electron chi connectivity index (χ4n) is 6.68. The zero-order valence-electron chi connectivity index (χ0n) is 31.4. The van der Waals surface area contributed by atoms with Crippen LogP contribution in [-0.2, 0) is 31.9 Å². The number of carbonyl (C=O) groups is 2. The van der Waals surface area contributed by atoms with Crippen molar-refractivity contribution in [2.45, 2.75) is 84.5 Å². The Hall–Kier alpha value is -4.34. The third-order valence-corrected chi connectivity index (χ3v) is 9.94. The molecule has 3 aromatic carbocycles. The zero-order valence-corrected chi connectivity index (χ0v) is 31.4. The van der Waals surface area contributed by atoms with Gasteiger partial charge in [-0.25, -0.2) is 18.4 Å². The molecule has 1 aliphatic rings. The van der Waals surface area contributed by atoms with Gasteiger partial charge in [0.15, 0.2) is 0 Å². The Morgan fingerprint density at radius 1 is 0.755 bits per heavy atom. The molecule has 4 rings (SSSR count). The molecule has 1 aliphatic carbocycles. The number of aliphatic hydroxyl groups is 2. The van der Waals surface area contributed by atoms with Crippen LogP contribution in [0.25, 0.3) is 22.3 Å². The summed E-state index contributed by atoms with van der Waals surface area (Å²) < 4.78 is 49.1. The van der Waals surface area contributed by atoms with Gasteiger partial charge in [0.2, 0.25) is 0 Å². The first-order valence-corrected chi connectivity index (χ1v) is 18.7.